The van der Waals surface area contributed by atoms with Gasteiger partial charge in [-0.2, -0.15) is 4.98 Å². The van der Waals surface area contributed by atoms with Gasteiger partial charge in [0.05, 0.1) is 12.2 Å². The average molecular weight is 289 g/mol. The molecular formula is C15H19N3O3. The molecule has 112 valence electrons. The van der Waals surface area contributed by atoms with Crippen molar-refractivity contribution >= 4 is 0 Å². The van der Waals surface area contributed by atoms with E-state index in [1.54, 1.807) is 0 Å². The van der Waals surface area contributed by atoms with E-state index in [0.29, 0.717) is 31.3 Å². The van der Waals surface area contributed by atoms with E-state index in [1.165, 1.54) is 0 Å². The molecule has 1 N–H and O–H groups in total. The molecule has 3 rings (SSSR count). The molecule has 6 heteroatoms. The molecule has 2 heterocycles. The number of hydrogen-bond acceptors (Lipinski definition) is 6. The molecule has 1 aromatic carbocycles. The maximum Gasteiger partial charge on any atom is 0.252 e. The molecule has 0 atom stereocenters. The van der Waals surface area contributed by atoms with Crippen molar-refractivity contribution in [1.29, 1.82) is 0 Å². The number of ether oxygens (including phenoxy) is 2. The van der Waals surface area contributed by atoms with Crippen LogP contribution in [-0.4, -0.2) is 35.4 Å². The Hall–Kier alpha value is -1.92. The summed E-state index contributed by atoms with van der Waals surface area (Å²) in [4.78, 5) is 4.30. The summed E-state index contributed by atoms with van der Waals surface area (Å²) in [5.74, 6) is 1.99. The largest absolute Gasteiger partial charge is 0.493 e. The van der Waals surface area contributed by atoms with E-state index in [2.05, 4.69) is 22.4 Å². The molecule has 0 saturated carbocycles. The maximum absolute atomic E-state index is 5.75. The van der Waals surface area contributed by atoms with Crippen LogP contribution in [0.4, 0.5) is 0 Å². The highest BCUT2D eigenvalue weighted by Crippen LogP contribution is 2.17. The summed E-state index contributed by atoms with van der Waals surface area (Å²) in [6.45, 7) is 4.66. The summed E-state index contributed by atoms with van der Waals surface area (Å²) in [5.41, 5.74) is -0.106. The van der Waals surface area contributed by atoms with Crippen molar-refractivity contribution in [3.63, 3.8) is 0 Å². The molecule has 2 aromatic rings. The molecule has 1 saturated heterocycles. The number of aromatic nitrogens is 2. The Morgan fingerprint density at radius 3 is 2.81 bits per heavy atom. The summed E-state index contributed by atoms with van der Waals surface area (Å²) < 4.78 is 16.5. The van der Waals surface area contributed by atoms with Gasteiger partial charge in [-0.1, -0.05) is 23.4 Å². The number of hydrogen-bond donors (Lipinski definition) is 1. The first-order valence-corrected chi connectivity index (χ1v) is 7.08. The van der Waals surface area contributed by atoms with Gasteiger partial charge >= 0.3 is 0 Å². The number of nitrogens with one attached hydrogen (secondary N) is 1. The molecule has 0 unspecified atom stereocenters. The molecule has 1 fully saturated rings. The number of benzene rings is 1. The highest BCUT2D eigenvalue weighted by atomic mass is 16.5. The summed E-state index contributed by atoms with van der Waals surface area (Å²) in [5, 5.41) is 7.11. The van der Waals surface area contributed by atoms with Crippen LogP contribution in [0.15, 0.2) is 34.9 Å². The van der Waals surface area contributed by atoms with E-state index in [-0.39, 0.29) is 5.60 Å². The van der Waals surface area contributed by atoms with Crippen LogP contribution in [0.25, 0.3) is 0 Å². The molecule has 1 aliphatic rings. The maximum atomic E-state index is 5.75. The molecule has 0 radical (unpaired) electrons. The highest BCUT2D eigenvalue weighted by molar-refractivity contribution is 5.20. The van der Waals surface area contributed by atoms with Crippen LogP contribution < -0.4 is 10.1 Å². The third-order valence-corrected chi connectivity index (χ3v) is 3.39. The van der Waals surface area contributed by atoms with E-state index < -0.39 is 0 Å². The molecule has 0 aliphatic carbocycles. The Kier molecular flexibility index (Phi) is 4.17. The minimum Gasteiger partial charge on any atom is -0.493 e. The molecule has 1 aliphatic heterocycles. The van der Waals surface area contributed by atoms with Gasteiger partial charge in [0.2, 0.25) is 0 Å². The Balaban J connectivity index is 1.42. The zero-order valence-electron chi connectivity index (χ0n) is 12.0. The van der Waals surface area contributed by atoms with E-state index in [9.17, 15) is 0 Å². The molecule has 0 spiro atoms. The van der Waals surface area contributed by atoms with Crippen molar-refractivity contribution in [3.05, 3.63) is 42.0 Å². The molecule has 0 amide bonds. The Morgan fingerprint density at radius 2 is 2.10 bits per heavy atom. The number of para-hydroxylation sites is 1. The second-order valence-corrected chi connectivity index (χ2v) is 5.36. The lowest BCUT2D eigenvalue weighted by molar-refractivity contribution is -0.0841. The van der Waals surface area contributed by atoms with Crippen molar-refractivity contribution in [2.24, 2.45) is 0 Å². The zero-order chi connectivity index (χ0) is 14.5. The third kappa shape index (κ3) is 3.80. The fourth-order valence-corrected chi connectivity index (χ4v) is 2.04. The van der Waals surface area contributed by atoms with E-state index >= 15 is 0 Å². The Morgan fingerprint density at radius 1 is 1.29 bits per heavy atom. The molecule has 1 aromatic heterocycles. The summed E-state index contributed by atoms with van der Waals surface area (Å²) in [6, 6.07) is 9.67. The molecule has 6 nitrogen and oxygen atoms in total. The lowest BCUT2D eigenvalue weighted by Crippen LogP contribution is -2.58. The Labute approximate surface area is 123 Å². The minimum absolute atomic E-state index is 0.106. The van der Waals surface area contributed by atoms with Gasteiger partial charge in [-0.25, -0.2) is 0 Å². The summed E-state index contributed by atoms with van der Waals surface area (Å²) in [7, 11) is 0. The van der Waals surface area contributed by atoms with Gasteiger partial charge in [-0.3, -0.25) is 0 Å². The van der Waals surface area contributed by atoms with Crippen molar-refractivity contribution in [1.82, 2.24) is 15.5 Å². The van der Waals surface area contributed by atoms with Gasteiger partial charge in [0.1, 0.15) is 12.4 Å². The SMILES string of the molecule is CC1(OCc2nc(CCOc3ccccc3)no2)CNC1. The highest BCUT2D eigenvalue weighted by Gasteiger charge is 2.32. The monoisotopic (exact) mass is 289 g/mol. The van der Waals surface area contributed by atoms with Crippen molar-refractivity contribution < 1.29 is 14.0 Å². The van der Waals surface area contributed by atoms with Gasteiger partial charge in [0, 0.05) is 19.5 Å². The summed E-state index contributed by atoms with van der Waals surface area (Å²) in [6.07, 6.45) is 0.608. The normalized spacial score (nSPS) is 16.4. The summed E-state index contributed by atoms with van der Waals surface area (Å²) >= 11 is 0. The second kappa shape index (κ2) is 6.24. The first kappa shape index (κ1) is 14.0. The lowest BCUT2D eigenvalue weighted by atomic mass is 10.0. The molecule has 0 bridgehead atoms. The van der Waals surface area contributed by atoms with Crippen molar-refractivity contribution in [3.8, 4) is 5.75 Å². The van der Waals surface area contributed by atoms with Crippen LogP contribution in [0.2, 0.25) is 0 Å². The van der Waals surface area contributed by atoms with Crippen LogP contribution in [0, 0.1) is 0 Å². The van der Waals surface area contributed by atoms with Gasteiger partial charge < -0.3 is 19.3 Å². The van der Waals surface area contributed by atoms with Gasteiger partial charge in [0.25, 0.3) is 5.89 Å². The smallest absolute Gasteiger partial charge is 0.252 e. The van der Waals surface area contributed by atoms with Crippen LogP contribution in [0.5, 0.6) is 5.75 Å². The lowest BCUT2D eigenvalue weighted by Gasteiger charge is -2.38. The van der Waals surface area contributed by atoms with Gasteiger partial charge in [0.15, 0.2) is 5.82 Å². The van der Waals surface area contributed by atoms with Crippen LogP contribution in [0.1, 0.15) is 18.6 Å². The third-order valence-electron chi connectivity index (χ3n) is 3.39. The Bertz CT molecular complexity index is 567. The predicted octanol–water partition coefficient (Wildman–Crippen LogP) is 1.57. The van der Waals surface area contributed by atoms with Gasteiger partial charge in [-0.15, -0.1) is 0 Å². The quantitative estimate of drug-likeness (QED) is 0.834. The van der Waals surface area contributed by atoms with Crippen LogP contribution in [-0.2, 0) is 17.8 Å². The first-order chi connectivity index (χ1) is 10.2. The second-order valence-electron chi connectivity index (χ2n) is 5.36. The zero-order valence-corrected chi connectivity index (χ0v) is 12.0. The van der Waals surface area contributed by atoms with E-state index in [0.717, 1.165) is 18.8 Å². The fourth-order valence-electron chi connectivity index (χ4n) is 2.04. The average Bonchev–Trinajstić information content (AvgIpc) is 2.92. The van der Waals surface area contributed by atoms with E-state index in [4.69, 9.17) is 14.0 Å². The predicted molar refractivity (Wildman–Crippen MR) is 76.0 cm³/mol. The standard InChI is InChI=1S/C15H19N3O3/c1-15(10-16-11-15)20-9-14-17-13(18-21-14)7-8-19-12-5-3-2-4-6-12/h2-6,16H,7-11H2,1H3. The minimum atomic E-state index is -0.106. The van der Waals surface area contributed by atoms with E-state index in [1.807, 2.05) is 30.3 Å². The van der Waals surface area contributed by atoms with Crippen molar-refractivity contribution in [2.75, 3.05) is 19.7 Å². The fraction of sp³-hybridized carbons (Fsp3) is 0.467. The molecule has 21 heavy (non-hydrogen) atoms. The molecular weight excluding hydrogens is 270 g/mol. The number of nitrogens with zero attached hydrogens (tertiary/aromatic N) is 2. The first-order valence-electron chi connectivity index (χ1n) is 7.08. The van der Waals surface area contributed by atoms with Gasteiger partial charge in [-0.05, 0) is 19.1 Å². The van der Waals surface area contributed by atoms with Crippen LogP contribution in [0.3, 0.4) is 0 Å². The topological polar surface area (TPSA) is 69.4 Å². The van der Waals surface area contributed by atoms with Crippen LogP contribution >= 0.6 is 0 Å². The van der Waals surface area contributed by atoms with Crippen molar-refractivity contribution in [2.45, 2.75) is 25.6 Å². The number of rotatable bonds is 7.